The van der Waals surface area contributed by atoms with Gasteiger partial charge in [-0.1, -0.05) is 169 Å². The lowest BCUT2D eigenvalue weighted by atomic mass is 9.93. The van der Waals surface area contributed by atoms with E-state index in [4.69, 9.17) is 8.85 Å². The van der Waals surface area contributed by atoms with Gasteiger partial charge in [0, 0.05) is 17.8 Å². The molecule has 3 nitrogen and oxygen atoms in total. The Morgan fingerprint density at radius 3 is 1.11 bits per heavy atom. The molecule has 0 amide bonds. The van der Waals surface area contributed by atoms with Gasteiger partial charge < -0.3 is 8.85 Å². The molecule has 0 saturated carbocycles. The highest BCUT2D eigenvalue weighted by molar-refractivity contribution is 6.84. The number of hydrogen-bond donors (Lipinski definition) is 0. The zero-order chi connectivity index (χ0) is 57.0. The Hall–Kier alpha value is -6.07. The Balaban J connectivity index is 0.000000248. The van der Waals surface area contributed by atoms with Crippen LogP contribution in [-0.4, -0.2) is 22.3 Å². The number of aryl methyl sites for hydroxylation is 11. The maximum atomic E-state index is 13.1. The summed E-state index contributed by atoms with van der Waals surface area (Å²) in [7, 11) is -2.54. The zero-order valence-corrected chi connectivity index (χ0v) is 51.5. The van der Waals surface area contributed by atoms with Crippen molar-refractivity contribution in [2.75, 3.05) is 0 Å². The molecule has 7 aromatic carbocycles. The van der Waals surface area contributed by atoms with Crippen molar-refractivity contribution < 1.29 is 22.0 Å². The quantitative estimate of drug-likeness (QED) is 0.142. The summed E-state index contributed by atoms with van der Waals surface area (Å²) in [5.74, 6) is 1.76. The third kappa shape index (κ3) is 23.0. The van der Waals surface area contributed by atoms with Crippen LogP contribution in [-0.2, 0) is 10.3 Å². The van der Waals surface area contributed by atoms with Crippen LogP contribution in [0.5, 0.6) is 11.5 Å². The van der Waals surface area contributed by atoms with E-state index < -0.39 is 28.4 Å². The van der Waals surface area contributed by atoms with Crippen molar-refractivity contribution in [3.63, 3.8) is 0 Å². The van der Waals surface area contributed by atoms with Crippen molar-refractivity contribution in [2.24, 2.45) is 4.99 Å². The number of allylic oxidation sites excluding steroid dienone is 2. The molecular formula is C68H88F3NO2Si2. The number of nitrogens with zero attached hydrogens (tertiary/aromatic N) is 1. The standard InChI is InChI=1S/C16H15F3.C16H18.C14H14O.C8H22OSi2.C8H10.C6H9N/c1-10-4-6-13(12(3)8-10)14-7-5-11(2)9-15(14)16(17,18)19;1-11-5-7-15(9-13(11)3)16-8-6-12(2)14(4)10-16;1-11-3-7-13(8-4-11)15-14-9-5-12(2)6-10-14;1-7-10(3,4)9-11(5,6)8-2;1-7-3-5-8(2)6-4-7;1-5-3-4-6(2)7-5/h4-9H,1-3H3;5-10H,1-4H3;3-10H,1-2H3;7-8H2,1-6H3;3-6H,1-2H3;3H,4H2,1-2H3. The predicted octanol–water partition coefficient (Wildman–Crippen LogP) is 21.5. The molecule has 0 aliphatic carbocycles. The first-order valence-corrected chi connectivity index (χ1v) is 32.9. The Kier molecular flexibility index (Phi) is 25.4. The minimum absolute atomic E-state index is 0.246. The Morgan fingerprint density at radius 1 is 0.421 bits per heavy atom. The molecule has 1 aliphatic rings. The number of rotatable bonds is 8. The van der Waals surface area contributed by atoms with Crippen LogP contribution in [0, 0.1) is 76.2 Å². The first-order valence-electron chi connectivity index (χ1n) is 26.7. The summed E-state index contributed by atoms with van der Waals surface area (Å²) in [6, 6.07) is 50.3. The minimum atomic E-state index is -4.33. The monoisotopic (exact) mass is 1060 g/mol. The van der Waals surface area contributed by atoms with E-state index in [1.165, 1.54) is 79.5 Å². The van der Waals surface area contributed by atoms with Crippen LogP contribution in [0.2, 0.25) is 38.3 Å². The topological polar surface area (TPSA) is 30.8 Å². The normalized spacial score (nSPS) is 11.8. The molecular weight excluding hydrogens is 976 g/mol. The first-order chi connectivity index (χ1) is 35.5. The molecule has 0 fully saturated rings. The highest BCUT2D eigenvalue weighted by Gasteiger charge is 2.34. The average Bonchev–Trinajstić information content (AvgIpc) is 3.75. The van der Waals surface area contributed by atoms with Gasteiger partial charge in [-0.25, -0.2) is 0 Å². The van der Waals surface area contributed by atoms with Crippen LogP contribution in [0.4, 0.5) is 13.2 Å². The third-order valence-electron chi connectivity index (χ3n) is 13.3. The Morgan fingerprint density at radius 2 is 0.789 bits per heavy atom. The van der Waals surface area contributed by atoms with Gasteiger partial charge in [-0.05, 0) is 209 Å². The molecule has 8 heteroatoms. The summed E-state index contributed by atoms with van der Waals surface area (Å²) < 4.78 is 51.3. The maximum Gasteiger partial charge on any atom is 0.417 e. The number of hydrogen-bond acceptors (Lipinski definition) is 3. The number of benzene rings is 7. The number of halogens is 3. The van der Waals surface area contributed by atoms with Crippen LogP contribution in [0.15, 0.2) is 162 Å². The van der Waals surface area contributed by atoms with Crippen LogP contribution >= 0.6 is 0 Å². The fourth-order valence-electron chi connectivity index (χ4n) is 7.65. The molecule has 0 N–H and O–H groups in total. The molecule has 0 aromatic heterocycles. The largest absolute Gasteiger partial charge is 0.457 e. The predicted molar refractivity (Wildman–Crippen MR) is 329 cm³/mol. The van der Waals surface area contributed by atoms with E-state index in [-0.39, 0.29) is 5.56 Å². The summed E-state index contributed by atoms with van der Waals surface area (Å²) in [5, 5.41) is 0. The molecule has 7 aromatic rings. The van der Waals surface area contributed by atoms with E-state index in [0.29, 0.717) is 11.1 Å². The third-order valence-corrected chi connectivity index (χ3v) is 21.1. The van der Waals surface area contributed by atoms with Crippen molar-refractivity contribution >= 4 is 22.3 Å². The molecule has 0 radical (unpaired) electrons. The van der Waals surface area contributed by atoms with Crippen LogP contribution in [0.3, 0.4) is 0 Å². The summed E-state index contributed by atoms with van der Waals surface area (Å²) in [4.78, 5) is 4.17. The highest BCUT2D eigenvalue weighted by Crippen LogP contribution is 2.39. The van der Waals surface area contributed by atoms with Gasteiger partial charge in [0.2, 0.25) is 0 Å². The second-order valence-corrected chi connectivity index (χ2v) is 30.8. The maximum absolute atomic E-state index is 13.1. The van der Waals surface area contributed by atoms with Crippen LogP contribution < -0.4 is 4.74 Å². The summed E-state index contributed by atoms with van der Waals surface area (Å²) >= 11 is 0. The Bertz CT molecular complexity index is 2840. The summed E-state index contributed by atoms with van der Waals surface area (Å²) in [5.41, 5.74) is 18.4. The van der Waals surface area contributed by atoms with Crippen LogP contribution in [0.1, 0.15) is 101 Å². The lowest BCUT2D eigenvalue weighted by Gasteiger charge is -2.32. The van der Waals surface area contributed by atoms with E-state index in [9.17, 15) is 13.2 Å². The second kappa shape index (κ2) is 30.0. The van der Waals surface area contributed by atoms with Gasteiger partial charge in [0.25, 0.3) is 0 Å². The van der Waals surface area contributed by atoms with Crippen molar-refractivity contribution in [3.8, 4) is 33.8 Å². The minimum Gasteiger partial charge on any atom is -0.457 e. The molecule has 1 aliphatic heterocycles. The lowest BCUT2D eigenvalue weighted by molar-refractivity contribution is -0.137. The lowest BCUT2D eigenvalue weighted by Crippen LogP contribution is -2.43. The summed E-state index contributed by atoms with van der Waals surface area (Å²) in [6.07, 6.45) is -1.14. The van der Waals surface area contributed by atoms with Crippen molar-refractivity contribution in [1.82, 2.24) is 0 Å². The van der Waals surface area contributed by atoms with E-state index in [1.54, 1.807) is 25.1 Å². The molecule has 8 rings (SSSR count). The van der Waals surface area contributed by atoms with Crippen molar-refractivity contribution in [3.05, 3.63) is 224 Å². The zero-order valence-electron chi connectivity index (χ0n) is 49.5. The molecule has 0 saturated heterocycles. The van der Waals surface area contributed by atoms with Gasteiger partial charge in [0.15, 0.2) is 16.6 Å². The van der Waals surface area contributed by atoms with Gasteiger partial charge in [0.05, 0.1) is 5.56 Å². The van der Waals surface area contributed by atoms with Crippen molar-refractivity contribution in [2.45, 2.75) is 155 Å². The van der Waals surface area contributed by atoms with E-state index in [0.717, 1.165) is 34.7 Å². The summed E-state index contributed by atoms with van der Waals surface area (Å²) in [6.45, 7) is 40.2. The van der Waals surface area contributed by atoms with Gasteiger partial charge in [-0.2, -0.15) is 13.2 Å². The van der Waals surface area contributed by atoms with Gasteiger partial charge in [-0.15, -0.1) is 0 Å². The van der Waals surface area contributed by atoms with Gasteiger partial charge in [-0.3, -0.25) is 4.99 Å². The van der Waals surface area contributed by atoms with Crippen LogP contribution in [0.25, 0.3) is 22.3 Å². The molecule has 0 bridgehead atoms. The Labute approximate surface area is 459 Å². The fourth-order valence-corrected chi connectivity index (χ4v) is 14.8. The molecule has 0 unspecified atom stereocenters. The van der Waals surface area contributed by atoms with Gasteiger partial charge >= 0.3 is 6.18 Å². The van der Waals surface area contributed by atoms with E-state index in [1.807, 2.05) is 88.4 Å². The highest BCUT2D eigenvalue weighted by atomic mass is 28.4. The fraction of sp³-hybridized carbons (Fsp3) is 0.338. The van der Waals surface area contributed by atoms with Gasteiger partial charge in [0.1, 0.15) is 11.5 Å². The first kappa shape index (κ1) is 64.2. The van der Waals surface area contributed by atoms with Crippen molar-refractivity contribution in [1.29, 1.82) is 0 Å². The molecule has 0 spiro atoms. The molecule has 76 heavy (non-hydrogen) atoms. The van der Waals surface area contributed by atoms with E-state index in [2.05, 4.69) is 167 Å². The average molecular weight is 1060 g/mol. The molecule has 1 heterocycles. The number of alkyl halides is 3. The SMILES string of the molecule is CC1=CCC(C)=N1.CC[Si](C)(C)O[Si](C)(C)CC.Cc1ccc(-c2ccc(C)c(C)c2)cc1C.Cc1ccc(-c2ccc(C)cc2C(F)(F)F)c(C)c1.Cc1ccc(C)cc1.Cc1ccc(Oc2ccc(C)cc2)cc1. The molecule has 0 atom stereocenters. The second-order valence-electron chi connectivity index (χ2n) is 21.6. The molecule has 406 valence electrons. The number of ether oxygens (including phenoxy) is 1. The smallest absolute Gasteiger partial charge is 0.417 e. The van der Waals surface area contributed by atoms with E-state index >= 15 is 0 Å². The number of aliphatic imine (C=N–C) groups is 1.